The number of carbonyl (C=O) groups excluding carboxylic acids is 9. The summed E-state index contributed by atoms with van der Waals surface area (Å²) in [5.41, 5.74) is -0.360. The second-order valence-electron chi connectivity index (χ2n) is 25.6. The van der Waals surface area contributed by atoms with Gasteiger partial charge in [0.1, 0.15) is 45.6 Å². The van der Waals surface area contributed by atoms with Gasteiger partial charge in [0.2, 0.25) is 13.6 Å². The van der Waals surface area contributed by atoms with Gasteiger partial charge in [-0.3, -0.25) is 24.0 Å². The van der Waals surface area contributed by atoms with Gasteiger partial charge in [0.15, 0.2) is 0 Å². The Kier molecular flexibility index (Phi) is 59.7. The Hall–Kier alpha value is -8.33. The van der Waals surface area contributed by atoms with Gasteiger partial charge in [-0.05, 0) is 193 Å². The molecule has 2 fully saturated rings. The summed E-state index contributed by atoms with van der Waals surface area (Å²) in [6.45, 7) is 10.5. The second-order valence-corrected chi connectivity index (χ2v) is 25.6. The number of benzene rings is 4. The van der Waals surface area contributed by atoms with E-state index in [0.29, 0.717) is 75.1 Å². The lowest BCUT2D eigenvalue weighted by Crippen LogP contribution is -2.30. The third-order valence-corrected chi connectivity index (χ3v) is 18.0. The molecule has 0 saturated heterocycles. The van der Waals surface area contributed by atoms with Gasteiger partial charge in [0.25, 0.3) is 0 Å². The van der Waals surface area contributed by atoms with Gasteiger partial charge in [0.05, 0.1) is 60.5 Å². The van der Waals surface area contributed by atoms with Crippen molar-refractivity contribution in [2.75, 3.05) is 40.0 Å². The van der Waals surface area contributed by atoms with Crippen LogP contribution in [0.15, 0.2) is 84.9 Å². The van der Waals surface area contributed by atoms with E-state index in [1.807, 2.05) is 13.8 Å². The van der Waals surface area contributed by atoms with Crippen LogP contribution in [0.25, 0.3) is 0 Å². The highest BCUT2D eigenvalue weighted by Crippen LogP contribution is 2.37. The molecule has 2 aliphatic rings. The minimum Gasteiger partial charge on any atom is -0.494 e. The highest BCUT2D eigenvalue weighted by Gasteiger charge is 2.35. The molecule has 0 aliphatic heterocycles. The van der Waals surface area contributed by atoms with Gasteiger partial charge >= 0.3 is 53.7 Å². The van der Waals surface area contributed by atoms with Crippen molar-refractivity contribution in [3.63, 3.8) is 0 Å². The summed E-state index contributed by atoms with van der Waals surface area (Å²) >= 11 is 0. The summed E-state index contributed by atoms with van der Waals surface area (Å²) in [5, 5.41) is 9.29. The SMILES string of the molecule is C.C.C.C.C.C.C.C.C.C.CCCCCC1CCC(C(=O)Oc2ccc(OC(=O)C3CCC(CCCCC)CC3)c(C(=O)OCOC(=O)C(CC(C)C(=O)OCOC(=O)c3cc(OC(=O)c4ccc(OCCCC)cc4)ccc3OC(=O)c3ccc(OCCCC)cc3)CC(CC)C(=O)OCCCCO)c2)CC1. The largest absolute Gasteiger partial charge is 0.494 e. The van der Waals surface area contributed by atoms with E-state index >= 15 is 0 Å². The number of aliphatic hydroxyl groups is 1. The highest BCUT2D eigenvalue weighted by molar-refractivity contribution is 5.98. The van der Waals surface area contributed by atoms with Gasteiger partial charge in [-0.1, -0.05) is 180 Å². The first-order valence-electron chi connectivity index (χ1n) is 35.5. The topological polar surface area (TPSA) is 275 Å². The van der Waals surface area contributed by atoms with Gasteiger partial charge in [-0.2, -0.15) is 0 Å². The molecule has 0 bridgehead atoms. The van der Waals surface area contributed by atoms with Crippen molar-refractivity contribution >= 4 is 53.7 Å². The minimum absolute atomic E-state index is 0. The van der Waals surface area contributed by atoms with Crippen LogP contribution >= 0.6 is 0 Å². The average Bonchev–Trinajstić information content (AvgIpc) is 0.824. The summed E-state index contributed by atoms with van der Waals surface area (Å²) in [6, 6.07) is 20.2. The number of esters is 9. The maximum Gasteiger partial charge on any atom is 0.344 e. The molecular weight excluding hydrogens is 1380 g/mol. The van der Waals surface area contributed by atoms with Crippen LogP contribution in [0.5, 0.6) is 34.5 Å². The van der Waals surface area contributed by atoms with Crippen molar-refractivity contribution in [1.82, 2.24) is 0 Å². The molecule has 3 atom stereocenters. The van der Waals surface area contributed by atoms with E-state index in [4.69, 9.17) is 52.1 Å². The minimum atomic E-state index is -1.23. The lowest BCUT2D eigenvalue weighted by molar-refractivity contribution is -0.162. The predicted molar refractivity (Wildman–Crippen MR) is 430 cm³/mol. The third-order valence-electron chi connectivity index (χ3n) is 18.0. The van der Waals surface area contributed by atoms with Gasteiger partial charge < -0.3 is 57.2 Å². The molecule has 21 heteroatoms. The van der Waals surface area contributed by atoms with Crippen LogP contribution in [0.3, 0.4) is 0 Å². The molecule has 616 valence electrons. The quantitative estimate of drug-likeness (QED) is 0.0142. The molecule has 0 radical (unpaired) electrons. The Morgan fingerprint density at radius 2 is 0.778 bits per heavy atom. The van der Waals surface area contributed by atoms with Crippen LogP contribution in [0.1, 0.15) is 318 Å². The normalized spacial score (nSPS) is 15.2. The zero-order valence-corrected chi connectivity index (χ0v) is 58.2. The summed E-state index contributed by atoms with van der Waals surface area (Å²) in [4.78, 5) is 124. The molecule has 21 nitrogen and oxygen atoms in total. The van der Waals surface area contributed by atoms with E-state index in [1.165, 1.54) is 67.9 Å². The summed E-state index contributed by atoms with van der Waals surface area (Å²) < 4.78 is 61.9. The number of hydrogen-bond donors (Lipinski definition) is 1. The van der Waals surface area contributed by atoms with Gasteiger partial charge in [-0.25, -0.2) is 19.2 Å². The van der Waals surface area contributed by atoms with E-state index in [0.717, 1.165) is 102 Å². The lowest BCUT2D eigenvalue weighted by atomic mass is 9.80. The standard InChI is InChI=1S/C77H102O21.10CH4/c1-7-12-16-20-53-22-26-56(27-23-53)72(82)95-63-38-40-67(97-74(84)57-28-24-54(25-29-57)21-17-13-8-2)66(48-63)77(87)94-51-92-71(81)60(47-55(11-5)70(80)90-45-19-18-42-78)46-52(6)69(79)91-50-93-76(86)65-49-64(96-73(83)58-30-34-61(35-31-58)88-43-14-9-3)39-41-68(65)98-75(85)59-32-36-62(37-33-59)89-44-15-10-4;;;;;;;;;;/h30-41,48-49,52-57,60,78H,7-29,42-47,50-51H2,1-6H3;10*1H4. The monoisotopic (exact) mass is 1520 g/mol. The smallest absolute Gasteiger partial charge is 0.344 e. The van der Waals surface area contributed by atoms with Crippen molar-refractivity contribution in [3.8, 4) is 34.5 Å². The van der Waals surface area contributed by atoms with Crippen LogP contribution < -0.4 is 28.4 Å². The van der Waals surface area contributed by atoms with Crippen molar-refractivity contribution < 1.29 is 100 Å². The maximum absolute atomic E-state index is 14.2. The first kappa shape index (κ1) is 108. The molecule has 6 rings (SSSR count). The summed E-state index contributed by atoms with van der Waals surface area (Å²) in [7, 11) is 0. The fraction of sp³-hybridized carbons (Fsp3) is 0.621. The molecule has 1 N–H and O–H groups in total. The Labute approximate surface area is 650 Å². The Balaban J connectivity index is -0.00000354. The number of hydrogen-bond acceptors (Lipinski definition) is 21. The first-order valence-corrected chi connectivity index (χ1v) is 35.5. The molecular formula is C87H142O21. The van der Waals surface area contributed by atoms with Crippen molar-refractivity contribution in [1.29, 1.82) is 0 Å². The number of carbonyl (C=O) groups is 9. The molecule has 4 aromatic carbocycles. The Bertz CT molecular complexity index is 3160. The fourth-order valence-corrected chi connectivity index (χ4v) is 11.9. The molecule has 0 heterocycles. The maximum atomic E-state index is 14.2. The molecule has 4 aromatic rings. The number of rotatable bonds is 42. The number of unbranched alkanes of at least 4 members (excludes halogenated alkanes) is 7. The van der Waals surface area contributed by atoms with E-state index in [2.05, 4.69) is 13.8 Å². The van der Waals surface area contributed by atoms with E-state index in [1.54, 1.807) is 31.2 Å². The molecule has 0 aromatic heterocycles. The fourth-order valence-electron chi connectivity index (χ4n) is 11.9. The van der Waals surface area contributed by atoms with E-state index in [9.17, 15) is 48.3 Å². The zero-order chi connectivity index (χ0) is 70.6. The molecule has 2 aliphatic carbocycles. The second kappa shape index (κ2) is 59.6. The van der Waals surface area contributed by atoms with Gasteiger partial charge in [-0.15, -0.1) is 0 Å². The molecule has 108 heavy (non-hydrogen) atoms. The molecule has 0 amide bonds. The molecule has 3 unspecified atom stereocenters. The van der Waals surface area contributed by atoms with Crippen LogP contribution in [-0.4, -0.2) is 98.8 Å². The van der Waals surface area contributed by atoms with Crippen LogP contribution in [0, 0.1) is 41.4 Å². The first-order chi connectivity index (χ1) is 47.5. The van der Waals surface area contributed by atoms with Crippen LogP contribution in [0.2, 0.25) is 0 Å². The van der Waals surface area contributed by atoms with Crippen molar-refractivity contribution in [3.05, 3.63) is 107 Å². The highest BCUT2D eigenvalue weighted by atomic mass is 16.7. The Morgan fingerprint density at radius 1 is 0.380 bits per heavy atom. The van der Waals surface area contributed by atoms with Crippen molar-refractivity contribution in [2.45, 2.75) is 276 Å². The summed E-state index contributed by atoms with van der Waals surface area (Å²) in [6.07, 6.45) is 19.3. The van der Waals surface area contributed by atoms with Crippen LogP contribution in [0.4, 0.5) is 0 Å². The lowest BCUT2D eigenvalue weighted by Gasteiger charge is -2.27. The molecule has 2 saturated carbocycles. The number of aliphatic hydroxyl groups excluding tert-OH is 1. The van der Waals surface area contributed by atoms with Crippen molar-refractivity contribution in [2.24, 2.45) is 41.4 Å². The summed E-state index contributed by atoms with van der Waals surface area (Å²) in [5.74, 6) is -9.71. The Morgan fingerprint density at radius 3 is 1.21 bits per heavy atom. The van der Waals surface area contributed by atoms with E-state index in [-0.39, 0.29) is 158 Å². The van der Waals surface area contributed by atoms with E-state index < -0.39 is 91.0 Å². The molecule has 0 spiro atoms. The zero-order valence-electron chi connectivity index (χ0n) is 58.2. The van der Waals surface area contributed by atoms with Crippen LogP contribution in [-0.2, 0) is 47.7 Å². The van der Waals surface area contributed by atoms with Gasteiger partial charge in [0, 0.05) is 6.61 Å². The third kappa shape index (κ3) is 36.7. The number of ether oxygens (including phenoxy) is 11. The predicted octanol–water partition coefficient (Wildman–Crippen LogP) is 21.8. The average molecular weight is 1520 g/mol.